The summed E-state index contributed by atoms with van der Waals surface area (Å²) in [7, 11) is 0. The summed E-state index contributed by atoms with van der Waals surface area (Å²) in [4.78, 5) is 0. The van der Waals surface area contributed by atoms with Crippen molar-refractivity contribution in [1.29, 1.82) is 0 Å². The van der Waals surface area contributed by atoms with Gasteiger partial charge in [0.25, 0.3) is 0 Å². The molecule has 0 aliphatic rings. The van der Waals surface area contributed by atoms with Crippen molar-refractivity contribution in [2.24, 2.45) is 5.92 Å². The summed E-state index contributed by atoms with van der Waals surface area (Å²) in [5.41, 5.74) is 1.04. The molecule has 0 aromatic heterocycles. The minimum absolute atomic E-state index is 0.204. The molecule has 0 bridgehead atoms. The molecule has 0 spiro atoms. The zero-order chi connectivity index (χ0) is 11.8. The minimum Gasteiger partial charge on any atom is -0.393 e. The Morgan fingerprint density at radius 3 is 2.50 bits per heavy atom. The monoisotopic (exact) mass is 216 g/mol. The highest BCUT2D eigenvalue weighted by Gasteiger charge is 2.04. The Balaban J connectivity index is 2.28. The Morgan fingerprint density at radius 1 is 1.19 bits per heavy atom. The molecule has 0 saturated carbocycles. The van der Waals surface area contributed by atoms with Crippen LogP contribution in [0.15, 0.2) is 30.3 Å². The number of hydrogen-bond donors (Lipinski definition) is 1. The fraction of sp³-hybridized carbons (Fsp3) is 0.467. The van der Waals surface area contributed by atoms with Gasteiger partial charge in [0, 0.05) is 12.0 Å². The highest BCUT2D eigenvalue weighted by Crippen LogP contribution is 2.08. The molecule has 1 N–H and O–H groups in total. The fourth-order valence-corrected chi connectivity index (χ4v) is 1.59. The molecule has 1 nitrogen and oxygen atoms in total. The van der Waals surface area contributed by atoms with E-state index in [1.54, 1.807) is 0 Å². The van der Waals surface area contributed by atoms with E-state index in [9.17, 15) is 5.11 Å². The van der Waals surface area contributed by atoms with Crippen LogP contribution in [-0.4, -0.2) is 11.2 Å². The van der Waals surface area contributed by atoms with Crippen molar-refractivity contribution in [2.45, 2.75) is 39.2 Å². The van der Waals surface area contributed by atoms with Gasteiger partial charge < -0.3 is 5.11 Å². The summed E-state index contributed by atoms with van der Waals surface area (Å²) in [6.07, 6.45) is 2.21. The van der Waals surface area contributed by atoms with Crippen LogP contribution in [0.1, 0.15) is 38.7 Å². The molecular formula is C15H20O. The standard InChI is InChI=1S/C15H20O/c1-13(2)12-15(16)11-7-6-10-14-8-4-3-5-9-14/h3-5,8-9,13,15-16H,7,11-12H2,1-2H3. The predicted octanol–water partition coefficient (Wildman–Crippen LogP) is 3.23. The smallest absolute Gasteiger partial charge is 0.0551 e. The van der Waals surface area contributed by atoms with E-state index in [1.165, 1.54) is 0 Å². The molecule has 1 rings (SSSR count). The van der Waals surface area contributed by atoms with E-state index in [0.29, 0.717) is 5.92 Å². The van der Waals surface area contributed by atoms with Gasteiger partial charge in [-0.25, -0.2) is 0 Å². The molecule has 0 amide bonds. The van der Waals surface area contributed by atoms with Crippen LogP contribution < -0.4 is 0 Å². The van der Waals surface area contributed by atoms with Gasteiger partial charge in [-0.1, -0.05) is 43.9 Å². The van der Waals surface area contributed by atoms with E-state index in [0.717, 1.165) is 24.8 Å². The summed E-state index contributed by atoms with van der Waals surface area (Å²) in [6.45, 7) is 4.25. The largest absolute Gasteiger partial charge is 0.393 e. The Labute approximate surface area is 98.5 Å². The second-order valence-corrected chi connectivity index (χ2v) is 4.49. The third kappa shape index (κ3) is 5.58. The maximum absolute atomic E-state index is 9.65. The molecule has 0 aliphatic heterocycles. The van der Waals surface area contributed by atoms with Crippen LogP contribution in [0.25, 0.3) is 0 Å². The number of rotatable bonds is 4. The lowest BCUT2D eigenvalue weighted by Gasteiger charge is -2.10. The normalized spacial score (nSPS) is 12.0. The molecule has 0 aliphatic carbocycles. The number of benzene rings is 1. The quantitative estimate of drug-likeness (QED) is 0.766. The van der Waals surface area contributed by atoms with E-state index in [2.05, 4.69) is 25.7 Å². The first-order chi connectivity index (χ1) is 7.68. The van der Waals surface area contributed by atoms with Gasteiger partial charge in [0.05, 0.1) is 6.10 Å². The van der Waals surface area contributed by atoms with Gasteiger partial charge in [-0.3, -0.25) is 0 Å². The fourth-order valence-electron chi connectivity index (χ4n) is 1.59. The van der Waals surface area contributed by atoms with E-state index >= 15 is 0 Å². The Kier molecular flexibility index (Phi) is 5.67. The average Bonchev–Trinajstić information content (AvgIpc) is 2.25. The highest BCUT2D eigenvalue weighted by atomic mass is 16.3. The second-order valence-electron chi connectivity index (χ2n) is 4.49. The van der Waals surface area contributed by atoms with E-state index in [4.69, 9.17) is 0 Å². The molecule has 0 saturated heterocycles. The minimum atomic E-state index is -0.204. The maximum Gasteiger partial charge on any atom is 0.0551 e. The molecule has 1 unspecified atom stereocenters. The second kappa shape index (κ2) is 7.09. The number of aliphatic hydroxyl groups excluding tert-OH is 1. The van der Waals surface area contributed by atoms with Crippen LogP contribution in [0.5, 0.6) is 0 Å². The summed E-state index contributed by atoms with van der Waals surface area (Å²) in [6, 6.07) is 9.95. The topological polar surface area (TPSA) is 20.2 Å². The lowest BCUT2D eigenvalue weighted by atomic mass is 10.0. The maximum atomic E-state index is 9.65. The van der Waals surface area contributed by atoms with E-state index in [-0.39, 0.29) is 6.10 Å². The molecule has 1 aromatic carbocycles. The SMILES string of the molecule is CC(C)CC(O)CCC#Cc1ccccc1. The van der Waals surface area contributed by atoms with Crippen molar-refractivity contribution in [1.82, 2.24) is 0 Å². The Bertz CT molecular complexity index is 343. The van der Waals surface area contributed by atoms with Crippen molar-refractivity contribution < 1.29 is 5.11 Å². The van der Waals surface area contributed by atoms with Gasteiger partial charge in [-0.2, -0.15) is 0 Å². The molecule has 16 heavy (non-hydrogen) atoms. The van der Waals surface area contributed by atoms with Crippen molar-refractivity contribution in [3.05, 3.63) is 35.9 Å². The third-order valence-electron chi connectivity index (χ3n) is 2.35. The third-order valence-corrected chi connectivity index (χ3v) is 2.35. The first kappa shape index (κ1) is 12.8. The van der Waals surface area contributed by atoms with E-state index in [1.807, 2.05) is 30.3 Å². The van der Waals surface area contributed by atoms with Crippen molar-refractivity contribution in [2.75, 3.05) is 0 Å². The number of aliphatic hydroxyl groups is 1. The zero-order valence-corrected chi connectivity index (χ0v) is 10.1. The molecule has 86 valence electrons. The summed E-state index contributed by atoms with van der Waals surface area (Å²) < 4.78 is 0. The molecule has 0 heterocycles. The van der Waals surface area contributed by atoms with Crippen LogP contribution in [0.2, 0.25) is 0 Å². The zero-order valence-electron chi connectivity index (χ0n) is 10.1. The van der Waals surface area contributed by atoms with Crippen LogP contribution >= 0.6 is 0 Å². The van der Waals surface area contributed by atoms with Crippen LogP contribution in [0.4, 0.5) is 0 Å². The molecule has 1 aromatic rings. The van der Waals surface area contributed by atoms with Crippen molar-refractivity contribution in [3.63, 3.8) is 0 Å². The summed E-state index contributed by atoms with van der Waals surface area (Å²) in [5.74, 6) is 6.74. The molecule has 1 atom stereocenters. The predicted molar refractivity (Wildman–Crippen MR) is 68.0 cm³/mol. The highest BCUT2D eigenvalue weighted by molar-refractivity contribution is 5.33. The van der Waals surface area contributed by atoms with Crippen LogP contribution in [0, 0.1) is 17.8 Å². The molecule has 0 radical (unpaired) electrons. The summed E-state index contributed by atoms with van der Waals surface area (Å²) in [5, 5.41) is 9.65. The van der Waals surface area contributed by atoms with Crippen LogP contribution in [0.3, 0.4) is 0 Å². The number of hydrogen-bond acceptors (Lipinski definition) is 1. The van der Waals surface area contributed by atoms with E-state index < -0.39 is 0 Å². The Hall–Kier alpha value is -1.26. The molecule has 1 heteroatoms. The first-order valence-electron chi connectivity index (χ1n) is 5.90. The van der Waals surface area contributed by atoms with Gasteiger partial charge >= 0.3 is 0 Å². The first-order valence-corrected chi connectivity index (χ1v) is 5.90. The van der Waals surface area contributed by atoms with Gasteiger partial charge in [0.15, 0.2) is 0 Å². The van der Waals surface area contributed by atoms with Gasteiger partial charge in [0.1, 0.15) is 0 Å². The van der Waals surface area contributed by atoms with Crippen molar-refractivity contribution >= 4 is 0 Å². The molecular weight excluding hydrogens is 196 g/mol. The Morgan fingerprint density at radius 2 is 1.88 bits per heavy atom. The molecule has 0 fully saturated rings. The van der Waals surface area contributed by atoms with Crippen LogP contribution in [-0.2, 0) is 0 Å². The average molecular weight is 216 g/mol. The van der Waals surface area contributed by atoms with Crippen molar-refractivity contribution in [3.8, 4) is 11.8 Å². The van der Waals surface area contributed by atoms with Gasteiger partial charge in [-0.05, 0) is 30.9 Å². The lowest BCUT2D eigenvalue weighted by molar-refractivity contribution is 0.141. The van der Waals surface area contributed by atoms with Gasteiger partial charge in [-0.15, -0.1) is 0 Å². The van der Waals surface area contributed by atoms with Gasteiger partial charge in [0.2, 0.25) is 0 Å². The summed E-state index contributed by atoms with van der Waals surface area (Å²) >= 11 is 0. The lowest BCUT2D eigenvalue weighted by Crippen LogP contribution is -2.09.